The third kappa shape index (κ3) is 6.86. The van der Waals surface area contributed by atoms with E-state index in [2.05, 4.69) is 26.6 Å². The van der Waals surface area contributed by atoms with E-state index in [4.69, 9.17) is 0 Å². The van der Waals surface area contributed by atoms with Crippen LogP contribution in [0.1, 0.15) is 18.1 Å². The lowest BCUT2D eigenvalue weighted by Crippen LogP contribution is -2.52. The van der Waals surface area contributed by atoms with Gasteiger partial charge in [0.2, 0.25) is 11.8 Å². The van der Waals surface area contributed by atoms with Gasteiger partial charge in [-0.15, -0.1) is 0 Å². The van der Waals surface area contributed by atoms with E-state index in [1.54, 1.807) is 12.1 Å². The van der Waals surface area contributed by atoms with Crippen LogP contribution in [0.25, 0.3) is 0 Å². The maximum Gasteiger partial charge on any atom is 0.326 e. The largest absolute Gasteiger partial charge is 0.480 e. The molecule has 0 aliphatic carbocycles. The van der Waals surface area contributed by atoms with Gasteiger partial charge in [0.15, 0.2) is 0 Å². The zero-order valence-electron chi connectivity index (χ0n) is 14.8. The molecule has 0 radical (unpaired) electrons. The van der Waals surface area contributed by atoms with Crippen LogP contribution in [0.4, 0.5) is 0 Å². The fraction of sp³-hybridized carbons (Fsp3) is 0.250. The normalized spacial score (nSPS) is 12.7. The van der Waals surface area contributed by atoms with Crippen LogP contribution in [0.2, 0.25) is 0 Å². The van der Waals surface area contributed by atoms with Crippen molar-refractivity contribution in [3.8, 4) is 0 Å². The monoisotopic (exact) mass is 432 g/mol. The van der Waals surface area contributed by atoms with Crippen LogP contribution in [-0.2, 0) is 27.2 Å². The highest BCUT2D eigenvalue weighted by atomic mass is 79.9. The number of rotatable bonds is 8. The van der Waals surface area contributed by atoms with Crippen LogP contribution in [0.15, 0.2) is 59.1 Å². The number of amides is 2. The van der Waals surface area contributed by atoms with Crippen molar-refractivity contribution >= 4 is 33.7 Å². The molecule has 7 heteroatoms. The predicted molar refractivity (Wildman–Crippen MR) is 105 cm³/mol. The van der Waals surface area contributed by atoms with E-state index in [9.17, 15) is 19.5 Å². The van der Waals surface area contributed by atoms with Crippen LogP contribution in [-0.4, -0.2) is 35.0 Å². The van der Waals surface area contributed by atoms with Crippen LogP contribution in [0, 0.1) is 0 Å². The summed E-state index contributed by atoms with van der Waals surface area (Å²) in [6, 6.07) is 14.5. The first-order valence-corrected chi connectivity index (χ1v) is 9.23. The Bertz CT molecular complexity index is 793. The van der Waals surface area contributed by atoms with Gasteiger partial charge in [-0.3, -0.25) is 9.59 Å². The van der Waals surface area contributed by atoms with Crippen molar-refractivity contribution in [1.82, 2.24) is 10.6 Å². The van der Waals surface area contributed by atoms with Crippen LogP contribution >= 0.6 is 15.9 Å². The Hall–Kier alpha value is -2.67. The molecule has 0 aliphatic heterocycles. The number of benzene rings is 2. The summed E-state index contributed by atoms with van der Waals surface area (Å²) >= 11 is 3.33. The Labute approximate surface area is 166 Å². The number of carboxylic acids is 1. The van der Waals surface area contributed by atoms with Crippen molar-refractivity contribution in [3.63, 3.8) is 0 Å². The number of nitrogens with one attached hydrogen (secondary N) is 2. The van der Waals surface area contributed by atoms with E-state index >= 15 is 0 Å². The summed E-state index contributed by atoms with van der Waals surface area (Å²) in [5.41, 5.74) is 1.65. The standard InChI is InChI=1S/C20H21BrN2O4/c1-13(24)22-17(11-14-5-3-2-4-6-14)19(25)23-18(20(26)27)12-15-7-9-16(21)10-8-15/h2-10,17-18H,11-12H2,1H3,(H,22,24)(H,23,25)(H,26,27)/t17-,18+/m1/s1. The number of carbonyl (C=O) groups excluding carboxylic acids is 2. The molecule has 2 rings (SSSR count). The second-order valence-corrected chi connectivity index (χ2v) is 7.09. The van der Waals surface area contributed by atoms with Gasteiger partial charge in [0, 0.05) is 24.2 Å². The van der Waals surface area contributed by atoms with Crippen molar-refractivity contribution in [1.29, 1.82) is 0 Å². The fourth-order valence-corrected chi connectivity index (χ4v) is 2.90. The van der Waals surface area contributed by atoms with E-state index in [1.807, 2.05) is 42.5 Å². The third-order valence-electron chi connectivity index (χ3n) is 3.94. The lowest BCUT2D eigenvalue weighted by atomic mass is 10.0. The summed E-state index contributed by atoms with van der Waals surface area (Å²) < 4.78 is 0.885. The lowest BCUT2D eigenvalue weighted by Gasteiger charge is -2.21. The van der Waals surface area contributed by atoms with Gasteiger partial charge in [0.25, 0.3) is 0 Å². The van der Waals surface area contributed by atoms with E-state index < -0.39 is 24.0 Å². The molecule has 6 nitrogen and oxygen atoms in total. The summed E-state index contributed by atoms with van der Waals surface area (Å²) in [5, 5.41) is 14.6. The van der Waals surface area contributed by atoms with Gasteiger partial charge < -0.3 is 15.7 Å². The molecule has 0 aliphatic rings. The van der Waals surface area contributed by atoms with Gasteiger partial charge in [-0.05, 0) is 23.3 Å². The molecule has 3 N–H and O–H groups in total. The maximum atomic E-state index is 12.6. The predicted octanol–water partition coefficient (Wildman–Crippen LogP) is 2.31. The summed E-state index contributed by atoms with van der Waals surface area (Å²) in [7, 11) is 0. The van der Waals surface area contributed by atoms with Gasteiger partial charge >= 0.3 is 5.97 Å². The molecule has 0 saturated heterocycles. The summed E-state index contributed by atoms with van der Waals surface area (Å²) in [5.74, 6) is -2.02. The molecule has 2 aromatic rings. The van der Waals surface area contributed by atoms with Crippen LogP contribution < -0.4 is 10.6 Å². The van der Waals surface area contributed by atoms with E-state index in [0.29, 0.717) is 0 Å². The van der Waals surface area contributed by atoms with Crippen molar-refractivity contribution in [3.05, 3.63) is 70.2 Å². The first-order chi connectivity index (χ1) is 12.8. The molecule has 0 unspecified atom stereocenters. The van der Waals surface area contributed by atoms with Gasteiger partial charge in [-0.2, -0.15) is 0 Å². The topological polar surface area (TPSA) is 95.5 Å². The second kappa shape index (κ2) is 9.87. The van der Waals surface area contributed by atoms with Gasteiger partial charge in [0.05, 0.1) is 0 Å². The zero-order chi connectivity index (χ0) is 19.8. The Morgan fingerprint density at radius 2 is 1.44 bits per heavy atom. The number of carbonyl (C=O) groups is 3. The average Bonchev–Trinajstić information content (AvgIpc) is 2.62. The van der Waals surface area contributed by atoms with Crippen LogP contribution in [0.5, 0.6) is 0 Å². The van der Waals surface area contributed by atoms with Gasteiger partial charge in [-0.1, -0.05) is 58.4 Å². The minimum absolute atomic E-state index is 0.145. The molecule has 2 amide bonds. The number of halogens is 1. The molecule has 0 spiro atoms. The molecule has 0 bridgehead atoms. The Balaban J connectivity index is 2.10. The minimum atomic E-state index is -1.13. The van der Waals surface area contributed by atoms with Gasteiger partial charge in [0.1, 0.15) is 12.1 Å². The maximum absolute atomic E-state index is 12.6. The third-order valence-corrected chi connectivity index (χ3v) is 4.47. The summed E-state index contributed by atoms with van der Waals surface area (Å²) in [4.78, 5) is 35.7. The SMILES string of the molecule is CC(=O)N[C@H](Cc1ccccc1)C(=O)N[C@@H](Cc1ccc(Br)cc1)C(=O)O. The van der Waals surface area contributed by atoms with E-state index in [-0.39, 0.29) is 18.7 Å². The molecule has 27 heavy (non-hydrogen) atoms. The first kappa shape index (κ1) is 20.6. The fourth-order valence-electron chi connectivity index (χ4n) is 2.63. The lowest BCUT2D eigenvalue weighted by molar-refractivity contribution is -0.142. The van der Waals surface area contributed by atoms with Gasteiger partial charge in [-0.25, -0.2) is 4.79 Å². The number of hydrogen-bond acceptors (Lipinski definition) is 3. The van der Waals surface area contributed by atoms with Crippen molar-refractivity contribution in [2.24, 2.45) is 0 Å². The average molecular weight is 433 g/mol. The number of carboxylic acid groups (broad SMARTS) is 1. The molecule has 0 aromatic heterocycles. The zero-order valence-corrected chi connectivity index (χ0v) is 16.4. The molecular weight excluding hydrogens is 412 g/mol. The number of hydrogen-bond donors (Lipinski definition) is 3. The number of aliphatic carboxylic acids is 1. The molecule has 2 aromatic carbocycles. The second-order valence-electron chi connectivity index (χ2n) is 6.17. The van der Waals surface area contributed by atoms with Crippen molar-refractivity contribution in [2.75, 3.05) is 0 Å². The highest BCUT2D eigenvalue weighted by Gasteiger charge is 2.26. The summed E-state index contributed by atoms with van der Waals surface area (Å²) in [6.07, 6.45) is 0.420. The Kier molecular flexibility index (Phi) is 7.55. The minimum Gasteiger partial charge on any atom is -0.480 e. The molecule has 0 fully saturated rings. The molecule has 142 valence electrons. The molecule has 0 saturated carbocycles. The highest BCUT2D eigenvalue weighted by molar-refractivity contribution is 9.10. The summed E-state index contributed by atoms with van der Waals surface area (Å²) in [6.45, 7) is 1.32. The van der Waals surface area contributed by atoms with E-state index in [0.717, 1.165) is 15.6 Å². The quantitative estimate of drug-likeness (QED) is 0.596. The Morgan fingerprint density at radius 1 is 0.889 bits per heavy atom. The highest BCUT2D eigenvalue weighted by Crippen LogP contribution is 2.12. The van der Waals surface area contributed by atoms with Crippen molar-refractivity contribution < 1.29 is 19.5 Å². The molecular formula is C20H21BrN2O4. The molecule has 2 atom stereocenters. The van der Waals surface area contributed by atoms with Crippen LogP contribution in [0.3, 0.4) is 0 Å². The first-order valence-electron chi connectivity index (χ1n) is 8.44. The molecule has 0 heterocycles. The smallest absolute Gasteiger partial charge is 0.326 e. The van der Waals surface area contributed by atoms with Crippen molar-refractivity contribution in [2.45, 2.75) is 31.8 Å². The Morgan fingerprint density at radius 3 is 2.00 bits per heavy atom. The van der Waals surface area contributed by atoms with E-state index in [1.165, 1.54) is 6.92 Å².